The average Bonchev–Trinajstić information content (AvgIpc) is 2.44. The van der Waals surface area contributed by atoms with Gasteiger partial charge in [-0.25, -0.2) is 4.39 Å². The molecule has 1 atom stereocenters. The smallest absolute Gasteiger partial charge is 0.142 e. The number of nitrogens with zero attached hydrogens (tertiary/aromatic N) is 1. The molecule has 1 saturated heterocycles. The van der Waals surface area contributed by atoms with Crippen molar-refractivity contribution in [3.8, 4) is 0 Å². The maximum absolute atomic E-state index is 13.3. The summed E-state index contributed by atoms with van der Waals surface area (Å²) >= 11 is 5.67. The van der Waals surface area contributed by atoms with Crippen LogP contribution in [-0.2, 0) is 6.54 Å². The van der Waals surface area contributed by atoms with E-state index in [9.17, 15) is 4.39 Å². The minimum atomic E-state index is -0.340. The van der Waals surface area contributed by atoms with Crippen LogP contribution in [0.2, 0.25) is 5.02 Å². The SMILES string of the molecule is CC(CNCc1ccc(Cl)c(F)c1)CN1CCCCC1. The summed E-state index contributed by atoms with van der Waals surface area (Å²) in [6, 6.07) is 4.99. The summed E-state index contributed by atoms with van der Waals surface area (Å²) in [4.78, 5) is 2.55. The fraction of sp³-hybridized carbons (Fsp3) is 0.625. The molecule has 112 valence electrons. The fourth-order valence-electron chi connectivity index (χ4n) is 2.76. The first kappa shape index (κ1) is 15.7. The van der Waals surface area contributed by atoms with Gasteiger partial charge in [0.25, 0.3) is 0 Å². The summed E-state index contributed by atoms with van der Waals surface area (Å²) in [6.45, 7) is 7.56. The van der Waals surface area contributed by atoms with Crippen LogP contribution < -0.4 is 5.32 Å². The highest BCUT2D eigenvalue weighted by Crippen LogP contribution is 2.15. The lowest BCUT2D eigenvalue weighted by molar-refractivity contribution is 0.199. The quantitative estimate of drug-likeness (QED) is 0.861. The molecule has 1 aliphatic heterocycles. The zero-order valence-electron chi connectivity index (χ0n) is 12.2. The third kappa shape index (κ3) is 5.04. The van der Waals surface area contributed by atoms with Gasteiger partial charge in [-0.3, -0.25) is 0 Å². The molecule has 0 aromatic heterocycles. The van der Waals surface area contributed by atoms with Crippen LogP contribution in [0.25, 0.3) is 0 Å². The van der Waals surface area contributed by atoms with Crippen LogP contribution in [0.4, 0.5) is 4.39 Å². The lowest BCUT2D eigenvalue weighted by Gasteiger charge is -2.29. The number of hydrogen-bond donors (Lipinski definition) is 1. The van der Waals surface area contributed by atoms with Gasteiger partial charge in [-0.2, -0.15) is 0 Å². The topological polar surface area (TPSA) is 15.3 Å². The Morgan fingerprint density at radius 3 is 2.75 bits per heavy atom. The van der Waals surface area contributed by atoms with E-state index in [0.29, 0.717) is 12.5 Å². The minimum absolute atomic E-state index is 0.187. The predicted octanol–water partition coefficient (Wildman–Crippen LogP) is 3.69. The van der Waals surface area contributed by atoms with Crippen molar-refractivity contribution in [3.63, 3.8) is 0 Å². The maximum atomic E-state index is 13.3. The standard InChI is InChI=1S/C16H24ClFN2/c1-13(12-20-7-3-2-4-8-20)10-19-11-14-5-6-15(17)16(18)9-14/h5-6,9,13,19H,2-4,7-8,10-12H2,1H3. The molecule has 1 unspecified atom stereocenters. The van der Waals surface area contributed by atoms with Crippen molar-refractivity contribution in [2.75, 3.05) is 26.2 Å². The largest absolute Gasteiger partial charge is 0.312 e. The van der Waals surface area contributed by atoms with Crippen LogP contribution in [0.1, 0.15) is 31.7 Å². The van der Waals surface area contributed by atoms with Crippen LogP contribution >= 0.6 is 11.6 Å². The normalized spacial score (nSPS) is 18.1. The summed E-state index contributed by atoms with van der Waals surface area (Å²) < 4.78 is 13.3. The molecule has 1 N–H and O–H groups in total. The van der Waals surface area contributed by atoms with Gasteiger partial charge < -0.3 is 10.2 Å². The molecular weight excluding hydrogens is 275 g/mol. The number of rotatable bonds is 6. The first-order valence-electron chi connectivity index (χ1n) is 7.52. The lowest BCUT2D eigenvalue weighted by atomic mass is 10.1. The molecule has 0 bridgehead atoms. The summed E-state index contributed by atoms with van der Waals surface area (Å²) in [7, 11) is 0. The first-order chi connectivity index (χ1) is 9.65. The molecule has 1 fully saturated rings. The molecule has 1 aliphatic rings. The van der Waals surface area contributed by atoms with E-state index >= 15 is 0 Å². The van der Waals surface area contributed by atoms with Crippen molar-refractivity contribution in [2.45, 2.75) is 32.7 Å². The van der Waals surface area contributed by atoms with Crippen molar-refractivity contribution in [3.05, 3.63) is 34.6 Å². The highest BCUT2D eigenvalue weighted by Gasteiger charge is 2.13. The second-order valence-corrected chi connectivity index (χ2v) is 6.25. The van der Waals surface area contributed by atoms with Crippen LogP contribution in [0.3, 0.4) is 0 Å². The van der Waals surface area contributed by atoms with Crippen LogP contribution in [-0.4, -0.2) is 31.1 Å². The molecule has 0 saturated carbocycles. The second kappa shape index (κ2) is 7.96. The van der Waals surface area contributed by atoms with Gasteiger partial charge >= 0.3 is 0 Å². The molecule has 20 heavy (non-hydrogen) atoms. The maximum Gasteiger partial charge on any atom is 0.142 e. The van der Waals surface area contributed by atoms with E-state index in [1.54, 1.807) is 6.07 Å². The molecule has 0 radical (unpaired) electrons. The van der Waals surface area contributed by atoms with Gasteiger partial charge in [-0.1, -0.05) is 31.0 Å². The van der Waals surface area contributed by atoms with Crippen LogP contribution in [0.15, 0.2) is 18.2 Å². The van der Waals surface area contributed by atoms with Crippen molar-refractivity contribution < 1.29 is 4.39 Å². The predicted molar refractivity (Wildman–Crippen MR) is 82.6 cm³/mol. The highest BCUT2D eigenvalue weighted by molar-refractivity contribution is 6.30. The van der Waals surface area contributed by atoms with Crippen molar-refractivity contribution in [1.29, 1.82) is 0 Å². The third-order valence-electron chi connectivity index (χ3n) is 3.82. The monoisotopic (exact) mass is 298 g/mol. The number of piperidine rings is 1. The molecule has 1 heterocycles. The number of nitrogens with one attached hydrogen (secondary N) is 1. The lowest BCUT2D eigenvalue weighted by Crippen LogP contribution is -2.36. The Kier molecular flexibility index (Phi) is 6.27. The van der Waals surface area contributed by atoms with E-state index in [1.807, 2.05) is 6.07 Å². The Labute approximate surface area is 126 Å². The Bertz CT molecular complexity index is 419. The summed E-state index contributed by atoms with van der Waals surface area (Å²) in [5.41, 5.74) is 0.942. The van der Waals surface area contributed by atoms with Crippen LogP contribution in [0, 0.1) is 11.7 Å². The third-order valence-corrected chi connectivity index (χ3v) is 4.13. The molecule has 0 amide bonds. The first-order valence-corrected chi connectivity index (χ1v) is 7.90. The molecule has 2 nitrogen and oxygen atoms in total. The van der Waals surface area contributed by atoms with Crippen molar-refractivity contribution in [2.24, 2.45) is 5.92 Å². The zero-order chi connectivity index (χ0) is 14.4. The Balaban J connectivity index is 1.67. The average molecular weight is 299 g/mol. The van der Waals surface area contributed by atoms with Gasteiger partial charge in [0.1, 0.15) is 5.82 Å². The summed E-state index contributed by atoms with van der Waals surface area (Å²) in [6.07, 6.45) is 4.06. The second-order valence-electron chi connectivity index (χ2n) is 5.85. The molecule has 1 aromatic carbocycles. The van der Waals surface area contributed by atoms with Gasteiger partial charge in [-0.15, -0.1) is 0 Å². The minimum Gasteiger partial charge on any atom is -0.312 e. The Hall–Kier alpha value is -0.640. The molecule has 0 spiro atoms. The number of halogens is 2. The van der Waals surface area contributed by atoms with E-state index in [4.69, 9.17) is 11.6 Å². The van der Waals surface area contributed by atoms with E-state index in [2.05, 4.69) is 17.1 Å². The van der Waals surface area contributed by atoms with Gasteiger partial charge in [0, 0.05) is 13.1 Å². The van der Waals surface area contributed by atoms with E-state index < -0.39 is 0 Å². The van der Waals surface area contributed by atoms with E-state index in [-0.39, 0.29) is 10.8 Å². The van der Waals surface area contributed by atoms with Crippen molar-refractivity contribution >= 4 is 11.6 Å². The Morgan fingerprint density at radius 2 is 2.05 bits per heavy atom. The van der Waals surface area contributed by atoms with Crippen molar-refractivity contribution in [1.82, 2.24) is 10.2 Å². The zero-order valence-corrected chi connectivity index (χ0v) is 12.9. The van der Waals surface area contributed by atoms with Gasteiger partial charge in [-0.05, 0) is 56.1 Å². The summed E-state index contributed by atoms with van der Waals surface area (Å²) in [5.74, 6) is 0.276. The number of benzene rings is 1. The highest BCUT2D eigenvalue weighted by atomic mass is 35.5. The Morgan fingerprint density at radius 1 is 1.30 bits per heavy atom. The molecule has 1 aromatic rings. The molecule has 4 heteroatoms. The number of likely N-dealkylation sites (tertiary alicyclic amines) is 1. The van der Waals surface area contributed by atoms with E-state index in [1.165, 1.54) is 38.4 Å². The molecule has 2 rings (SSSR count). The van der Waals surface area contributed by atoms with E-state index in [0.717, 1.165) is 18.7 Å². The summed E-state index contributed by atoms with van der Waals surface area (Å²) in [5, 5.41) is 3.59. The molecule has 0 aliphatic carbocycles. The van der Waals surface area contributed by atoms with Gasteiger partial charge in [0.05, 0.1) is 5.02 Å². The van der Waals surface area contributed by atoms with Gasteiger partial charge in [0.2, 0.25) is 0 Å². The van der Waals surface area contributed by atoms with Gasteiger partial charge in [0.15, 0.2) is 0 Å². The molecular formula is C16H24ClFN2. The van der Waals surface area contributed by atoms with Crippen LogP contribution in [0.5, 0.6) is 0 Å². The number of hydrogen-bond acceptors (Lipinski definition) is 2. The fourth-order valence-corrected chi connectivity index (χ4v) is 2.88.